The van der Waals surface area contributed by atoms with Gasteiger partial charge < -0.3 is 15.6 Å². The van der Waals surface area contributed by atoms with Crippen LogP contribution in [0.3, 0.4) is 0 Å². The summed E-state index contributed by atoms with van der Waals surface area (Å²) in [5.41, 5.74) is 7.26. The molecular weight excluding hydrogens is 380 g/mol. The van der Waals surface area contributed by atoms with E-state index in [0.717, 1.165) is 18.4 Å². The minimum atomic E-state index is -3.07. The average Bonchev–Trinajstić information content (AvgIpc) is 3.43. The number of rotatable bonds is 11. The van der Waals surface area contributed by atoms with E-state index in [9.17, 15) is 13.8 Å². The second-order valence-corrected chi connectivity index (χ2v) is 10.00. The predicted octanol–water partition coefficient (Wildman–Crippen LogP) is 4.18. The van der Waals surface area contributed by atoms with Crippen molar-refractivity contribution in [2.45, 2.75) is 52.7 Å². The highest BCUT2D eigenvalue weighted by Gasteiger charge is 2.28. The largest absolute Gasteiger partial charge is 0.325 e. The van der Waals surface area contributed by atoms with Crippen LogP contribution >= 0.6 is 7.52 Å². The van der Waals surface area contributed by atoms with E-state index in [1.165, 1.54) is 12.1 Å². The molecule has 0 radical (unpaired) electrons. The molecule has 0 aromatic heterocycles. The zero-order chi connectivity index (χ0) is 20.7. The first-order valence-electron chi connectivity index (χ1n) is 9.65. The van der Waals surface area contributed by atoms with Crippen LogP contribution in [0.25, 0.3) is 0 Å². The molecule has 8 heteroatoms. The van der Waals surface area contributed by atoms with Crippen LogP contribution in [0.5, 0.6) is 0 Å². The van der Waals surface area contributed by atoms with Gasteiger partial charge in [0.2, 0.25) is 5.91 Å². The molecule has 6 nitrogen and oxygen atoms in total. The van der Waals surface area contributed by atoms with Gasteiger partial charge in [-0.15, -0.1) is 0 Å². The van der Waals surface area contributed by atoms with Crippen LogP contribution in [0.1, 0.15) is 45.6 Å². The van der Waals surface area contributed by atoms with Gasteiger partial charge in [-0.3, -0.25) is 9.36 Å². The molecule has 2 unspecified atom stereocenters. The Labute approximate surface area is 166 Å². The van der Waals surface area contributed by atoms with E-state index < -0.39 is 25.3 Å². The molecule has 0 bridgehead atoms. The van der Waals surface area contributed by atoms with Crippen molar-refractivity contribution in [3.8, 4) is 0 Å². The highest BCUT2D eigenvalue weighted by atomic mass is 31.2. The Hall–Kier alpha value is -1.53. The summed E-state index contributed by atoms with van der Waals surface area (Å²) in [5.74, 6) is -0.359. The van der Waals surface area contributed by atoms with E-state index in [0.29, 0.717) is 30.7 Å². The number of allylic oxidation sites excluding steroid dienone is 2. The van der Waals surface area contributed by atoms with Gasteiger partial charge in [0.1, 0.15) is 5.82 Å². The molecular formula is C20H31FN3O3P. The van der Waals surface area contributed by atoms with Gasteiger partial charge in [0.05, 0.1) is 12.6 Å². The number of benzene rings is 1. The first kappa shape index (κ1) is 22.8. The maximum absolute atomic E-state index is 14.4. The molecule has 1 aliphatic carbocycles. The number of anilines is 1. The highest BCUT2D eigenvalue weighted by Crippen LogP contribution is 2.45. The average molecular weight is 411 g/mol. The van der Waals surface area contributed by atoms with E-state index in [1.54, 1.807) is 13.0 Å². The van der Waals surface area contributed by atoms with Crippen LogP contribution in [0.2, 0.25) is 0 Å². The van der Waals surface area contributed by atoms with Gasteiger partial charge in [0.25, 0.3) is 7.52 Å². The third-order valence-corrected chi connectivity index (χ3v) is 6.51. The van der Waals surface area contributed by atoms with Crippen molar-refractivity contribution in [2.75, 3.05) is 18.0 Å². The van der Waals surface area contributed by atoms with Crippen LogP contribution in [-0.2, 0) is 20.5 Å². The van der Waals surface area contributed by atoms with Crippen molar-refractivity contribution in [3.63, 3.8) is 0 Å². The zero-order valence-corrected chi connectivity index (χ0v) is 17.7. The maximum Gasteiger partial charge on any atom is 0.270 e. The Morgan fingerprint density at radius 3 is 2.71 bits per heavy atom. The predicted molar refractivity (Wildman–Crippen MR) is 111 cm³/mol. The first-order valence-corrected chi connectivity index (χ1v) is 11.5. The lowest BCUT2D eigenvalue weighted by Crippen LogP contribution is -2.32. The lowest BCUT2D eigenvalue weighted by molar-refractivity contribution is -0.117. The molecule has 28 heavy (non-hydrogen) atoms. The van der Waals surface area contributed by atoms with E-state index >= 15 is 0 Å². The van der Waals surface area contributed by atoms with Crippen molar-refractivity contribution in [2.24, 2.45) is 11.7 Å². The van der Waals surface area contributed by atoms with E-state index in [4.69, 9.17) is 10.3 Å². The smallest absolute Gasteiger partial charge is 0.270 e. The minimum absolute atomic E-state index is 0.100. The summed E-state index contributed by atoms with van der Waals surface area (Å²) in [6.45, 7) is 6.10. The summed E-state index contributed by atoms with van der Waals surface area (Å²) in [4.78, 5) is 11.6. The van der Waals surface area contributed by atoms with E-state index in [2.05, 4.69) is 10.4 Å². The van der Waals surface area contributed by atoms with Crippen molar-refractivity contribution >= 4 is 19.1 Å². The Morgan fingerprint density at radius 2 is 2.14 bits per heavy atom. The Bertz CT molecular complexity index is 759. The number of carbonyl (C=O) groups is 1. The van der Waals surface area contributed by atoms with Gasteiger partial charge in [0.15, 0.2) is 0 Å². The fourth-order valence-electron chi connectivity index (χ4n) is 2.47. The van der Waals surface area contributed by atoms with Crippen LogP contribution in [0, 0.1) is 11.7 Å². The molecule has 4 N–H and O–H groups in total. The molecule has 1 aromatic rings. The molecule has 1 saturated carbocycles. The molecule has 1 amide bonds. The fourth-order valence-corrected chi connectivity index (χ4v) is 4.21. The summed E-state index contributed by atoms with van der Waals surface area (Å²) in [6, 6.07) is 3.63. The van der Waals surface area contributed by atoms with Crippen LogP contribution in [0.15, 0.2) is 29.8 Å². The van der Waals surface area contributed by atoms with Gasteiger partial charge in [0, 0.05) is 24.0 Å². The number of halogens is 1. The number of carbonyl (C=O) groups excluding carboxylic acids is 1. The molecule has 1 fully saturated rings. The number of amides is 1. The standard InChI is InChI=1S/C20H31FN3O3P/c1-14(2)5-4-10-28(26,23-12-16-6-7-16)27-13-17-8-9-18(11-19(17)21)24-20(25)15(3)22/h5,8-9,11,15-16H,4,6-7,10,12-13,22H2,1-3H3,(H,23,26)(H,24,25). The summed E-state index contributed by atoms with van der Waals surface area (Å²) in [5, 5.41) is 5.62. The monoisotopic (exact) mass is 411 g/mol. The van der Waals surface area contributed by atoms with Gasteiger partial charge >= 0.3 is 0 Å². The molecule has 156 valence electrons. The van der Waals surface area contributed by atoms with Gasteiger partial charge in [-0.1, -0.05) is 17.7 Å². The zero-order valence-electron chi connectivity index (χ0n) is 16.8. The topological polar surface area (TPSA) is 93.5 Å². The fraction of sp³-hybridized carbons (Fsp3) is 0.550. The van der Waals surface area contributed by atoms with Crippen molar-refractivity contribution in [1.82, 2.24) is 5.09 Å². The Balaban J connectivity index is 1.99. The highest BCUT2D eigenvalue weighted by molar-refractivity contribution is 7.56. The summed E-state index contributed by atoms with van der Waals surface area (Å²) in [7, 11) is -3.07. The minimum Gasteiger partial charge on any atom is -0.325 e. The molecule has 1 aromatic carbocycles. The van der Waals surface area contributed by atoms with Crippen molar-refractivity contribution < 1.29 is 18.3 Å². The molecule has 2 atom stereocenters. The van der Waals surface area contributed by atoms with E-state index in [1.807, 2.05) is 19.9 Å². The van der Waals surface area contributed by atoms with Crippen LogP contribution in [0.4, 0.5) is 10.1 Å². The summed E-state index contributed by atoms with van der Waals surface area (Å²) >= 11 is 0. The normalized spacial score (nSPS) is 16.9. The summed E-state index contributed by atoms with van der Waals surface area (Å²) in [6.07, 6.45) is 5.32. The molecule has 0 spiro atoms. The second-order valence-electron chi connectivity index (χ2n) is 7.63. The van der Waals surface area contributed by atoms with Gasteiger partial charge in [-0.2, -0.15) is 0 Å². The molecule has 2 rings (SSSR count). The Kier molecular flexibility index (Phi) is 8.38. The SMILES string of the molecule is CC(C)=CCCP(=O)(NCC1CC1)OCc1ccc(NC(=O)C(C)N)cc1F. The van der Waals surface area contributed by atoms with Gasteiger partial charge in [-0.05, 0) is 58.1 Å². The van der Waals surface area contributed by atoms with Crippen LogP contribution < -0.4 is 16.1 Å². The van der Waals surface area contributed by atoms with Crippen molar-refractivity contribution in [3.05, 3.63) is 41.2 Å². The third-order valence-electron chi connectivity index (χ3n) is 4.46. The third kappa shape index (κ3) is 7.84. The molecule has 0 aliphatic heterocycles. The molecule has 1 aliphatic rings. The second kappa shape index (κ2) is 10.3. The molecule has 0 saturated heterocycles. The number of hydrogen-bond donors (Lipinski definition) is 3. The van der Waals surface area contributed by atoms with Gasteiger partial charge in [-0.25, -0.2) is 9.48 Å². The first-order chi connectivity index (χ1) is 13.2. The molecule has 0 heterocycles. The maximum atomic E-state index is 14.4. The number of nitrogens with two attached hydrogens (primary N) is 1. The Morgan fingerprint density at radius 1 is 1.43 bits per heavy atom. The van der Waals surface area contributed by atoms with Crippen molar-refractivity contribution in [1.29, 1.82) is 0 Å². The lowest BCUT2D eigenvalue weighted by Gasteiger charge is -2.20. The van der Waals surface area contributed by atoms with E-state index in [-0.39, 0.29) is 12.2 Å². The summed E-state index contributed by atoms with van der Waals surface area (Å²) < 4.78 is 33.2. The number of nitrogens with one attached hydrogen (secondary N) is 2. The quantitative estimate of drug-likeness (QED) is 0.375. The number of hydrogen-bond acceptors (Lipinski definition) is 4. The lowest BCUT2D eigenvalue weighted by atomic mass is 10.2. The van der Waals surface area contributed by atoms with Crippen LogP contribution in [-0.4, -0.2) is 24.7 Å².